The maximum absolute atomic E-state index is 12.7. The van der Waals surface area contributed by atoms with Gasteiger partial charge in [0.15, 0.2) is 0 Å². The molecule has 0 saturated heterocycles. The molecule has 0 aromatic heterocycles. The summed E-state index contributed by atoms with van der Waals surface area (Å²) in [5.74, 6) is -0.585. The van der Waals surface area contributed by atoms with Crippen molar-refractivity contribution in [2.75, 3.05) is 10.6 Å². The molecule has 0 radical (unpaired) electrons. The van der Waals surface area contributed by atoms with Crippen LogP contribution in [0, 0.1) is 0 Å². The molecule has 4 heteroatoms. The fourth-order valence-corrected chi connectivity index (χ4v) is 3.25. The summed E-state index contributed by atoms with van der Waals surface area (Å²) in [4.78, 5) is 25.2. The first-order chi connectivity index (χ1) is 14.7. The molecule has 0 unspecified atom stereocenters. The first-order valence-corrected chi connectivity index (χ1v) is 9.63. The van der Waals surface area contributed by atoms with E-state index in [4.69, 9.17) is 0 Å². The minimum atomic E-state index is -0.303. The molecule has 0 saturated carbocycles. The van der Waals surface area contributed by atoms with Gasteiger partial charge in [0, 0.05) is 11.8 Å². The van der Waals surface area contributed by atoms with Crippen LogP contribution < -0.4 is 10.6 Å². The molecule has 4 rings (SSSR count). The smallest absolute Gasteiger partial charge is 0.257 e. The Hall–Kier alpha value is -4.18. The molecule has 0 fully saturated rings. The number of carbonyl (C=O) groups is 2. The third-order valence-electron chi connectivity index (χ3n) is 4.70. The van der Waals surface area contributed by atoms with Crippen LogP contribution in [0.15, 0.2) is 103 Å². The Morgan fingerprint density at radius 1 is 0.667 bits per heavy atom. The van der Waals surface area contributed by atoms with Gasteiger partial charge in [-0.25, -0.2) is 0 Å². The topological polar surface area (TPSA) is 58.2 Å². The lowest BCUT2D eigenvalue weighted by Gasteiger charge is -2.10. The molecular weight excluding hydrogens is 372 g/mol. The average molecular weight is 392 g/mol. The van der Waals surface area contributed by atoms with Gasteiger partial charge in [-0.1, -0.05) is 72.8 Å². The summed E-state index contributed by atoms with van der Waals surface area (Å²) >= 11 is 0. The van der Waals surface area contributed by atoms with Crippen LogP contribution in [-0.2, 0) is 4.79 Å². The van der Waals surface area contributed by atoms with Gasteiger partial charge in [0.2, 0.25) is 5.91 Å². The molecule has 0 aliphatic rings. The van der Waals surface area contributed by atoms with Crippen molar-refractivity contribution in [3.8, 4) is 0 Å². The van der Waals surface area contributed by atoms with Crippen LogP contribution in [-0.4, -0.2) is 11.8 Å². The molecule has 2 amide bonds. The van der Waals surface area contributed by atoms with Crippen molar-refractivity contribution < 1.29 is 9.59 Å². The van der Waals surface area contributed by atoms with E-state index in [1.165, 1.54) is 6.08 Å². The fourth-order valence-electron chi connectivity index (χ4n) is 3.25. The maximum Gasteiger partial charge on any atom is 0.257 e. The van der Waals surface area contributed by atoms with Gasteiger partial charge >= 0.3 is 0 Å². The summed E-state index contributed by atoms with van der Waals surface area (Å²) in [6.45, 7) is 0. The monoisotopic (exact) mass is 392 g/mol. The van der Waals surface area contributed by atoms with Gasteiger partial charge in [-0.3, -0.25) is 9.59 Å². The summed E-state index contributed by atoms with van der Waals surface area (Å²) < 4.78 is 0. The highest BCUT2D eigenvalue weighted by atomic mass is 16.2. The van der Waals surface area contributed by atoms with Gasteiger partial charge in [0.05, 0.1) is 11.3 Å². The second-order valence-corrected chi connectivity index (χ2v) is 6.76. The van der Waals surface area contributed by atoms with Crippen LogP contribution in [0.25, 0.3) is 16.8 Å². The normalized spacial score (nSPS) is 10.8. The predicted molar refractivity (Wildman–Crippen MR) is 122 cm³/mol. The van der Waals surface area contributed by atoms with Crippen molar-refractivity contribution in [1.29, 1.82) is 0 Å². The SMILES string of the molecule is O=C(/C=C\c1cccc2ccccc12)Nc1ccccc1C(=O)Nc1ccccc1. The first kappa shape index (κ1) is 19.2. The Labute approximate surface area is 174 Å². The maximum atomic E-state index is 12.7. The van der Waals surface area contributed by atoms with E-state index in [9.17, 15) is 9.59 Å². The Balaban J connectivity index is 1.51. The predicted octanol–water partition coefficient (Wildman–Crippen LogP) is 5.74. The highest BCUT2D eigenvalue weighted by molar-refractivity contribution is 6.12. The van der Waals surface area contributed by atoms with E-state index >= 15 is 0 Å². The van der Waals surface area contributed by atoms with E-state index in [0.717, 1.165) is 16.3 Å². The molecule has 0 aliphatic carbocycles. The molecule has 4 aromatic rings. The van der Waals surface area contributed by atoms with Gasteiger partial charge < -0.3 is 10.6 Å². The zero-order valence-electron chi connectivity index (χ0n) is 16.2. The van der Waals surface area contributed by atoms with Gasteiger partial charge in [-0.15, -0.1) is 0 Å². The number of anilines is 2. The van der Waals surface area contributed by atoms with E-state index in [1.54, 1.807) is 30.3 Å². The van der Waals surface area contributed by atoms with Gasteiger partial charge in [-0.2, -0.15) is 0 Å². The van der Waals surface area contributed by atoms with Crippen LogP contribution in [0.4, 0.5) is 11.4 Å². The number of carbonyl (C=O) groups excluding carboxylic acids is 2. The largest absolute Gasteiger partial charge is 0.322 e. The number of nitrogens with one attached hydrogen (secondary N) is 2. The van der Waals surface area contributed by atoms with E-state index in [2.05, 4.69) is 10.6 Å². The van der Waals surface area contributed by atoms with Crippen molar-refractivity contribution >= 4 is 40.0 Å². The molecule has 0 heterocycles. The molecule has 4 aromatic carbocycles. The molecule has 146 valence electrons. The third-order valence-corrected chi connectivity index (χ3v) is 4.70. The Bertz CT molecular complexity index is 1220. The molecule has 0 aliphatic heterocycles. The van der Waals surface area contributed by atoms with Crippen LogP contribution >= 0.6 is 0 Å². The van der Waals surface area contributed by atoms with Gasteiger partial charge in [0.1, 0.15) is 0 Å². The van der Waals surface area contributed by atoms with Gasteiger partial charge in [-0.05, 0) is 46.7 Å². The lowest BCUT2D eigenvalue weighted by Crippen LogP contribution is -2.16. The zero-order chi connectivity index (χ0) is 20.8. The quantitative estimate of drug-likeness (QED) is 0.425. The average Bonchev–Trinajstić information content (AvgIpc) is 2.78. The molecular formula is C26H20N2O2. The summed E-state index contributed by atoms with van der Waals surface area (Å²) in [6, 6.07) is 30.1. The van der Waals surface area contributed by atoms with Crippen LogP contribution in [0.2, 0.25) is 0 Å². The third kappa shape index (κ3) is 4.45. The Morgan fingerprint density at radius 2 is 1.37 bits per heavy atom. The number of amides is 2. The second kappa shape index (κ2) is 8.88. The Morgan fingerprint density at radius 3 is 2.23 bits per heavy atom. The van der Waals surface area contributed by atoms with Crippen molar-refractivity contribution in [2.24, 2.45) is 0 Å². The van der Waals surface area contributed by atoms with E-state index in [-0.39, 0.29) is 11.8 Å². The number of benzene rings is 4. The van der Waals surface area contributed by atoms with Crippen LogP contribution in [0.3, 0.4) is 0 Å². The molecule has 30 heavy (non-hydrogen) atoms. The second-order valence-electron chi connectivity index (χ2n) is 6.76. The lowest BCUT2D eigenvalue weighted by molar-refractivity contribution is -0.111. The Kier molecular flexibility index (Phi) is 5.67. The standard InChI is InChI=1S/C26H20N2O2/c29-25(18-17-20-11-8-10-19-9-4-5-14-22(19)20)28-24-16-7-6-15-23(24)26(30)27-21-12-2-1-3-13-21/h1-18H,(H,27,30)(H,28,29)/b18-17-. The molecule has 2 N–H and O–H groups in total. The van der Waals surface area contributed by atoms with Crippen molar-refractivity contribution in [3.63, 3.8) is 0 Å². The molecule has 0 spiro atoms. The van der Waals surface area contributed by atoms with E-state index < -0.39 is 0 Å². The van der Waals surface area contributed by atoms with Crippen LogP contribution in [0.5, 0.6) is 0 Å². The van der Waals surface area contributed by atoms with Crippen molar-refractivity contribution in [1.82, 2.24) is 0 Å². The molecule has 0 atom stereocenters. The summed E-state index contributed by atoms with van der Waals surface area (Å²) in [5.41, 5.74) is 2.50. The summed E-state index contributed by atoms with van der Waals surface area (Å²) in [5, 5.41) is 7.84. The van der Waals surface area contributed by atoms with Gasteiger partial charge in [0.25, 0.3) is 5.91 Å². The minimum Gasteiger partial charge on any atom is -0.322 e. The molecule has 4 nitrogen and oxygen atoms in total. The number of hydrogen-bond donors (Lipinski definition) is 2. The zero-order valence-corrected chi connectivity index (χ0v) is 16.2. The van der Waals surface area contributed by atoms with Crippen molar-refractivity contribution in [2.45, 2.75) is 0 Å². The number of rotatable bonds is 5. The molecule has 0 bridgehead atoms. The first-order valence-electron chi connectivity index (χ1n) is 9.63. The number of fused-ring (bicyclic) bond motifs is 1. The van der Waals surface area contributed by atoms with E-state index in [1.807, 2.05) is 72.8 Å². The minimum absolute atomic E-state index is 0.282. The van der Waals surface area contributed by atoms with E-state index in [0.29, 0.717) is 16.9 Å². The van der Waals surface area contributed by atoms with Crippen molar-refractivity contribution in [3.05, 3.63) is 114 Å². The fraction of sp³-hybridized carbons (Fsp3) is 0. The van der Waals surface area contributed by atoms with Crippen LogP contribution in [0.1, 0.15) is 15.9 Å². The highest BCUT2D eigenvalue weighted by Crippen LogP contribution is 2.20. The number of para-hydroxylation sites is 2. The lowest BCUT2D eigenvalue weighted by atomic mass is 10.0. The number of hydrogen-bond acceptors (Lipinski definition) is 2. The summed E-state index contributed by atoms with van der Waals surface area (Å²) in [7, 11) is 0. The summed E-state index contributed by atoms with van der Waals surface area (Å²) in [6.07, 6.45) is 3.26. The highest BCUT2D eigenvalue weighted by Gasteiger charge is 2.12.